The zero-order valence-electron chi connectivity index (χ0n) is 40.3. The fourth-order valence-corrected chi connectivity index (χ4v) is 7.65. The summed E-state index contributed by atoms with van der Waals surface area (Å²) < 4.78 is 5.91. The molecule has 0 saturated heterocycles. The Hall–Kier alpha value is -2.44. The van der Waals surface area contributed by atoms with E-state index in [1.807, 2.05) is 0 Å². The predicted molar refractivity (Wildman–Crippen MR) is 264 cm³/mol. The van der Waals surface area contributed by atoms with Crippen molar-refractivity contribution in [2.75, 3.05) is 6.61 Å². The summed E-state index contributed by atoms with van der Waals surface area (Å²) in [5, 5.41) is 23.8. The Morgan fingerprint density at radius 2 is 0.885 bits per heavy atom. The van der Waals surface area contributed by atoms with Gasteiger partial charge in [0.25, 0.3) is 0 Å². The molecule has 3 N–H and O–H groups in total. The van der Waals surface area contributed by atoms with E-state index < -0.39 is 18.2 Å². The molecular formula is C55H99NO5. The highest BCUT2D eigenvalue weighted by atomic mass is 16.5. The molecule has 0 aromatic heterocycles. The van der Waals surface area contributed by atoms with Crippen LogP contribution in [-0.4, -0.2) is 46.9 Å². The molecule has 61 heavy (non-hydrogen) atoms. The van der Waals surface area contributed by atoms with E-state index in [1.165, 1.54) is 116 Å². The molecule has 1 amide bonds. The normalized spacial score (nSPS) is 13.7. The first kappa shape index (κ1) is 58.6. The largest absolute Gasteiger partial charge is 0.462 e. The smallest absolute Gasteiger partial charge is 0.306 e. The Morgan fingerprint density at radius 3 is 1.39 bits per heavy atom. The van der Waals surface area contributed by atoms with Gasteiger partial charge in [-0.05, 0) is 89.9 Å². The van der Waals surface area contributed by atoms with Crippen molar-refractivity contribution in [2.45, 2.75) is 270 Å². The lowest BCUT2D eigenvalue weighted by molar-refractivity contribution is -0.151. The van der Waals surface area contributed by atoms with Crippen LogP contribution in [0.1, 0.15) is 252 Å². The average molecular weight is 854 g/mol. The summed E-state index contributed by atoms with van der Waals surface area (Å²) in [5.41, 5.74) is 0. The van der Waals surface area contributed by atoms with E-state index in [0.717, 1.165) is 89.9 Å². The number of aliphatic hydroxyl groups excluding tert-OH is 2. The Balaban J connectivity index is 4.66. The molecule has 0 saturated carbocycles. The van der Waals surface area contributed by atoms with E-state index in [9.17, 15) is 19.8 Å². The van der Waals surface area contributed by atoms with Gasteiger partial charge in [-0.25, -0.2) is 0 Å². The molecule has 3 unspecified atom stereocenters. The minimum atomic E-state index is -0.800. The van der Waals surface area contributed by atoms with Gasteiger partial charge in [0.2, 0.25) is 5.91 Å². The van der Waals surface area contributed by atoms with Crippen molar-refractivity contribution in [1.82, 2.24) is 5.32 Å². The van der Waals surface area contributed by atoms with Crippen LogP contribution >= 0.6 is 0 Å². The van der Waals surface area contributed by atoms with Gasteiger partial charge < -0.3 is 20.3 Å². The third-order valence-corrected chi connectivity index (χ3v) is 11.6. The molecule has 0 bridgehead atoms. The summed E-state index contributed by atoms with van der Waals surface area (Å²) in [4.78, 5) is 26.1. The number of hydrogen-bond acceptors (Lipinski definition) is 5. The molecular weight excluding hydrogens is 755 g/mol. The van der Waals surface area contributed by atoms with Crippen molar-refractivity contribution < 1.29 is 24.5 Å². The van der Waals surface area contributed by atoms with E-state index in [-0.39, 0.29) is 24.9 Å². The minimum Gasteiger partial charge on any atom is -0.462 e. The lowest BCUT2D eigenvalue weighted by atomic mass is 10.0. The first-order valence-electron chi connectivity index (χ1n) is 26.0. The molecule has 0 aromatic carbocycles. The number of amides is 1. The number of nitrogens with one attached hydrogen (secondary N) is 1. The van der Waals surface area contributed by atoms with Gasteiger partial charge in [0.05, 0.1) is 25.2 Å². The number of carbonyl (C=O) groups is 2. The second-order valence-corrected chi connectivity index (χ2v) is 17.5. The van der Waals surface area contributed by atoms with Gasteiger partial charge in [-0.1, -0.05) is 210 Å². The van der Waals surface area contributed by atoms with Gasteiger partial charge in [-0.15, -0.1) is 0 Å². The summed E-state index contributed by atoms with van der Waals surface area (Å²) in [7, 11) is 0. The van der Waals surface area contributed by atoms with Crippen LogP contribution < -0.4 is 5.32 Å². The molecule has 3 atom stereocenters. The topological polar surface area (TPSA) is 95.9 Å². The highest BCUT2D eigenvalue weighted by molar-refractivity contribution is 5.77. The van der Waals surface area contributed by atoms with E-state index in [1.54, 1.807) is 0 Å². The molecule has 0 aliphatic rings. The van der Waals surface area contributed by atoms with Crippen LogP contribution in [0.2, 0.25) is 0 Å². The number of aliphatic hydroxyl groups is 2. The average Bonchev–Trinajstić information content (AvgIpc) is 3.25. The maximum Gasteiger partial charge on any atom is 0.306 e. The summed E-state index contributed by atoms with van der Waals surface area (Å²) in [5.74, 6) is -0.519. The Bertz CT molecular complexity index is 1090. The number of carbonyl (C=O) groups excluding carboxylic acids is 2. The van der Waals surface area contributed by atoms with Crippen LogP contribution in [0.15, 0.2) is 60.8 Å². The highest BCUT2D eigenvalue weighted by Crippen LogP contribution is 2.17. The van der Waals surface area contributed by atoms with Crippen LogP contribution in [-0.2, 0) is 14.3 Å². The van der Waals surface area contributed by atoms with Crippen LogP contribution in [0, 0.1) is 0 Å². The quantitative estimate of drug-likeness (QED) is 0.0322. The molecule has 0 aliphatic carbocycles. The summed E-state index contributed by atoms with van der Waals surface area (Å²) in [6.07, 6.45) is 59.9. The maximum absolute atomic E-state index is 13.2. The first-order chi connectivity index (χ1) is 30.0. The first-order valence-corrected chi connectivity index (χ1v) is 26.0. The number of unbranched alkanes of at least 4 members (excludes halogenated alkanes) is 24. The molecule has 6 nitrogen and oxygen atoms in total. The van der Waals surface area contributed by atoms with E-state index >= 15 is 0 Å². The number of esters is 1. The fraction of sp³-hybridized carbons (Fsp3) is 0.782. The lowest BCUT2D eigenvalue weighted by Gasteiger charge is -2.24. The summed E-state index contributed by atoms with van der Waals surface area (Å²) >= 11 is 0. The van der Waals surface area contributed by atoms with Gasteiger partial charge in [-0.3, -0.25) is 9.59 Å². The Morgan fingerprint density at radius 1 is 0.492 bits per heavy atom. The van der Waals surface area contributed by atoms with Crippen LogP contribution in [0.3, 0.4) is 0 Å². The second kappa shape index (κ2) is 48.6. The predicted octanol–water partition coefficient (Wildman–Crippen LogP) is 15.6. The van der Waals surface area contributed by atoms with Gasteiger partial charge in [0.15, 0.2) is 0 Å². The fourth-order valence-electron chi connectivity index (χ4n) is 7.65. The Labute approximate surface area is 378 Å². The van der Waals surface area contributed by atoms with Crippen LogP contribution in [0.25, 0.3) is 0 Å². The van der Waals surface area contributed by atoms with E-state index in [0.29, 0.717) is 19.3 Å². The molecule has 0 heterocycles. The van der Waals surface area contributed by atoms with Crippen molar-refractivity contribution in [1.29, 1.82) is 0 Å². The monoisotopic (exact) mass is 854 g/mol. The lowest BCUT2D eigenvalue weighted by Crippen LogP contribution is -2.46. The zero-order valence-corrected chi connectivity index (χ0v) is 40.3. The molecule has 6 heteroatoms. The van der Waals surface area contributed by atoms with Gasteiger partial charge in [-0.2, -0.15) is 0 Å². The number of rotatable bonds is 46. The molecule has 0 aliphatic heterocycles. The summed E-state index contributed by atoms with van der Waals surface area (Å²) in [6.45, 7) is 6.34. The SMILES string of the molecule is CC/C=C/C/C=C/CCCCCCCCCC(=O)OC(CCCC/C=C\C/C=C\C/C=C\CCCCC)CC(=O)NC(CO)C(O)CCCCCCCCCCCCCCC. The standard InChI is InChI=1S/C55H99NO5/c1-4-7-10-13-16-19-22-25-27-29-31-34-37-40-43-46-51(61-55(60)48-45-42-39-36-33-30-26-23-20-17-14-11-8-5-2)49-54(59)56-52(50-57)53(58)47-44-41-38-35-32-28-24-21-18-15-12-9-6-3/h8,11,16-17,19-20,25,27,31,34,51-53,57-58H,4-7,9-10,12-15,18,21-24,26,28-30,32-33,35-50H2,1-3H3,(H,56,59)/b11-8+,19-16-,20-17+,27-25-,34-31-. The van der Waals surface area contributed by atoms with Crippen molar-refractivity contribution in [3.05, 3.63) is 60.8 Å². The van der Waals surface area contributed by atoms with Crippen molar-refractivity contribution in [3.8, 4) is 0 Å². The molecule has 0 spiro atoms. The van der Waals surface area contributed by atoms with Gasteiger partial charge in [0.1, 0.15) is 6.10 Å². The summed E-state index contributed by atoms with van der Waals surface area (Å²) in [6, 6.07) is -0.716. The van der Waals surface area contributed by atoms with Crippen LogP contribution in [0.5, 0.6) is 0 Å². The highest BCUT2D eigenvalue weighted by Gasteiger charge is 2.24. The van der Waals surface area contributed by atoms with Gasteiger partial charge >= 0.3 is 5.97 Å². The second-order valence-electron chi connectivity index (χ2n) is 17.5. The van der Waals surface area contributed by atoms with Crippen molar-refractivity contribution >= 4 is 11.9 Å². The number of allylic oxidation sites excluding steroid dienone is 10. The molecule has 0 radical (unpaired) electrons. The zero-order chi connectivity index (χ0) is 44.5. The van der Waals surface area contributed by atoms with Crippen LogP contribution in [0.4, 0.5) is 0 Å². The maximum atomic E-state index is 13.2. The third-order valence-electron chi connectivity index (χ3n) is 11.6. The third kappa shape index (κ3) is 44.0. The van der Waals surface area contributed by atoms with E-state index in [2.05, 4.69) is 86.8 Å². The molecule has 0 rings (SSSR count). The Kier molecular flexibility index (Phi) is 46.6. The van der Waals surface area contributed by atoms with Gasteiger partial charge in [0, 0.05) is 6.42 Å². The molecule has 354 valence electrons. The van der Waals surface area contributed by atoms with Crippen molar-refractivity contribution in [3.63, 3.8) is 0 Å². The van der Waals surface area contributed by atoms with Crippen molar-refractivity contribution in [2.24, 2.45) is 0 Å². The minimum absolute atomic E-state index is 0.0476. The van der Waals surface area contributed by atoms with E-state index in [4.69, 9.17) is 4.74 Å². The number of ether oxygens (including phenoxy) is 1. The molecule has 0 aromatic rings. The number of hydrogen-bond donors (Lipinski definition) is 3. The molecule has 0 fully saturated rings.